The standard InChI is InChI=1S/C14H24N2O2/c1-16(9-11-17-2)8-3-10-18-14-6-4-13(12-15)5-7-14/h4-7H,3,8-12,15H2,1-2H3. The molecule has 2 N–H and O–H groups in total. The van der Waals surface area contributed by atoms with Gasteiger partial charge in [-0.2, -0.15) is 0 Å². The first-order chi connectivity index (χ1) is 8.76. The molecule has 1 aromatic rings. The first-order valence-corrected chi connectivity index (χ1v) is 6.35. The molecule has 18 heavy (non-hydrogen) atoms. The fraction of sp³-hybridized carbons (Fsp3) is 0.571. The molecule has 1 aromatic carbocycles. The van der Waals surface area contributed by atoms with E-state index in [1.165, 1.54) is 0 Å². The Balaban J connectivity index is 2.13. The fourth-order valence-electron chi connectivity index (χ4n) is 1.61. The molecule has 0 amide bonds. The second-order valence-electron chi connectivity index (χ2n) is 4.35. The smallest absolute Gasteiger partial charge is 0.119 e. The van der Waals surface area contributed by atoms with Crippen LogP contribution in [0.2, 0.25) is 0 Å². The summed E-state index contributed by atoms with van der Waals surface area (Å²) in [4.78, 5) is 2.24. The van der Waals surface area contributed by atoms with Crippen LogP contribution in [-0.2, 0) is 11.3 Å². The van der Waals surface area contributed by atoms with E-state index in [0.717, 1.165) is 44.0 Å². The molecule has 0 aliphatic heterocycles. The van der Waals surface area contributed by atoms with Crippen molar-refractivity contribution in [3.63, 3.8) is 0 Å². The molecule has 0 saturated heterocycles. The van der Waals surface area contributed by atoms with Crippen molar-refractivity contribution in [3.8, 4) is 5.75 Å². The van der Waals surface area contributed by atoms with Gasteiger partial charge in [-0.05, 0) is 31.2 Å². The molecule has 0 unspecified atom stereocenters. The number of nitrogens with zero attached hydrogens (tertiary/aromatic N) is 1. The van der Waals surface area contributed by atoms with Crippen molar-refractivity contribution in [2.75, 3.05) is 40.5 Å². The van der Waals surface area contributed by atoms with Gasteiger partial charge in [-0.3, -0.25) is 0 Å². The molecular formula is C14H24N2O2. The molecule has 0 aliphatic rings. The molecule has 1 rings (SSSR count). The molecule has 4 heteroatoms. The summed E-state index contributed by atoms with van der Waals surface area (Å²) in [6.07, 6.45) is 1.01. The number of nitrogens with two attached hydrogens (primary N) is 1. The highest BCUT2D eigenvalue weighted by Crippen LogP contribution is 2.11. The van der Waals surface area contributed by atoms with Crippen molar-refractivity contribution < 1.29 is 9.47 Å². The van der Waals surface area contributed by atoms with Crippen molar-refractivity contribution >= 4 is 0 Å². The van der Waals surface area contributed by atoms with Crippen molar-refractivity contribution in [1.29, 1.82) is 0 Å². The van der Waals surface area contributed by atoms with E-state index in [-0.39, 0.29) is 0 Å². The zero-order valence-corrected chi connectivity index (χ0v) is 11.4. The normalized spacial score (nSPS) is 10.9. The minimum absolute atomic E-state index is 0.574. The second-order valence-corrected chi connectivity index (χ2v) is 4.35. The lowest BCUT2D eigenvalue weighted by atomic mass is 10.2. The molecule has 0 fully saturated rings. The third-order valence-electron chi connectivity index (χ3n) is 2.79. The summed E-state index contributed by atoms with van der Waals surface area (Å²) in [7, 11) is 3.82. The Morgan fingerprint density at radius 1 is 1.11 bits per heavy atom. The Morgan fingerprint density at radius 3 is 2.44 bits per heavy atom. The molecule has 0 saturated carbocycles. The highest BCUT2D eigenvalue weighted by Gasteiger charge is 1.98. The summed E-state index contributed by atoms with van der Waals surface area (Å²) in [5.74, 6) is 0.909. The molecule has 0 atom stereocenters. The highest BCUT2D eigenvalue weighted by atomic mass is 16.5. The molecule has 0 radical (unpaired) electrons. The van der Waals surface area contributed by atoms with Crippen LogP contribution in [0, 0.1) is 0 Å². The van der Waals surface area contributed by atoms with E-state index >= 15 is 0 Å². The molecule has 4 nitrogen and oxygen atoms in total. The van der Waals surface area contributed by atoms with Gasteiger partial charge in [0.2, 0.25) is 0 Å². The number of hydrogen-bond acceptors (Lipinski definition) is 4. The Hall–Kier alpha value is -1.10. The topological polar surface area (TPSA) is 47.7 Å². The highest BCUT2D eigenvalue weighted by molar-refractivity contribution is 5.26. The first-order valence-electron chi connectivity index (χ1n) is 6.35. The van der Waals surface area contributed by atoms with E-state index in [1.54, 1.807) is 7.11 Å². The Morgan fingerprint density at radius 2 is 1.83 bits per heavy atom. The molecule has 102 valence electrons. The van der Waals surface area contributed by atoms with Crippen LogP contribution in [-0.4, -0.2) is 45.4 Å². The minimum Gasteiger partial charge on any atom is -0.494 e. The van der Waals surface area contributed by atoms with Crippen LogP contribution >= 0.6 is 0 Å². The summed E-state index contributed by atoms with van der Waals surface area (Å²) in [5, 5.41) is 0. The van der Waals surface area contributed by atoms with Crippen molar-refractivity contribution in [2.45, 2.75) is 13.0 Å². The maximum Gasteiger partial charge on any atom is 0.119 e. The average molecular weight is 252 g/mol. The Bertz CT molecular complexity index is 314. The van der Waals surface area contributed by atoms with Crippen molar-refractivity contribution in [3.05, 3.63) is 29.8 Å². The van der Waals surface area contributed by atoms with Gasteiger partial charge in [-0.25, -0.2) is 0 Å². The lowest BCUT2D eigenvalue weighted by molar-refractivity contribution is 0.157. The number of ether oxygens (including phenoxy) is 2. The van der Waals surface area contributed by atoms with Crippen LogP contribution in [0.25, 0.3) is 0 Å². The van der Waals surface area contributed by atoms with E-state index in [1.807, 2.05) is 24.3 Å². The van der Waals surface area contributed by atoms with Gasteiger partial charge in [0.15, 0.2) is 0 Å². The summed E-state index contributed by atoms with van der Waals surface area (Å²) < 4.78 is 10.7. The van der Waals surface area contributed by atoms with Crippen LogP contribution in [0.3, 0.4) is 0 Å². The quantitative estimate of drug-likeness (QED) is 0.677. The van der Waals surface area contributed by atoms with Crippen LogP contribution < -0.4 is 10.5 Å². The Labute approximate surface area is 110 Å². The molecule has 0 aromatic heterocycles. The number of methoxy groups -OCH3 is 1. The third-order valence-corrected chi connectivity index (χ3v) is 2.79. The van der Waals surface area contributed by atoms with E-state index in [0.29, 0.717) is 6.54 Å². The van der Waals surface area contributed by atoms with Gasteiger partial charge in [0, 0.05) is 26.7 Å². The van der Waals surface area contributed by atoms with E-state index in [2.05, 4.69) is 11.9 Å². The van der Waals surface area contributed by atoms with Crippen LogP contribution in [0.5, 0.6) is 5.75 Å². The van der Waals surface area contributed by atoms with Crippen molar-refractivity contribution in [2.24, 2.45) is 5.73 Å². The summed E-state index contributed by atoms with van der Waals surface area (Å²) >= 11 is 0. The van der Waals surface area contributed by atoms with Gasteiger partial charge in [-0.1, -0.05) is 12.1 Å². The minimum atomic E-state index is 0.574. The van der Waals surface area contributed by atoms with E-state index in [9.17, 15) is 0 Å². The monoisotopic (exact) mass is 252 g/mol. The number of benzene rings is 1. The SMILES string of the molecule is COCCN(C)CCCOc1ccc(CN)cc1. The molecule has 0 spiro atoms. The first kappa shape index (κ1) is 15.0. The lowest BCUT2D eigenvalue weighted by Crippen LogP contribution is -2.25. The van der Waals surface area contributed by atoms with E-state index in [4.69, 9.17) is 15.2 Å². The van der Waals surface area contributed by atoms with Gasteiger partial charge in [-0.15, -0.1) is 0 Å². The van der Waals surface area contributed by atoms with Crippen LogP contribution in [0.4, 0.5) is 0 Å². The molecule has 0 heterocycles. The van der Waals surface area contributed by atoms with Gasteiger partial charge in [0.1, 0.15) is 5.75 Å². The van der Waals surface area contributed by atoms with Gasteiger partial charge in [0.25, 0.3) is 0 Å². The van der Waals surface area contributed by atoms with Crippen LogP contribution in [0.1, 0.15) is 12.0 Å². The van der Waals surface area contributed by atoms with E-state index < -0.39 is 0 Å². The fourth-order valence-corrected chi connectivity index (χ4v) is 1.61. The predicted octanol–water partition coefficient (Wildman–Crippen LogP) is 1.49. The van der Waals surface area contributed by atoms with Gasteiger partial charge < -0.3 is 20.1 Å². The summed E-state index contributed by atoms with van der Waals surface area (Å²) in [5.41, 5.74) is 6.66. The summed E-state index contributed by atoms with van der Waals surface area (Å²) in [6, 6.07) is 7.94. The summed E-state index contributed by atoms with van der Waals surface area (Å²) in [6.45, 7) is 4.06. The molecular weight excluding hydrogens is 228 g/mol. The predicted molar refractivity (Wildman–Crippen MR) is 73.8 cm³/mol. The number of hydrogen-bond donors (Lipinski definition) is 1. The maximum absolute atomic E-state index is 5.66. The lowest BCUT2D eigenvalue weighted by Gasteiger charge is -2.15. The largest absolute Gasteiger partial charge is 0.494 e. The zero-order chi connectivity index (χ0) is 13.2. The Kier molecular flexibility index (Phi) is 7.41. The number of likely N-dealkylation sites (N-methyl/N-ethyl adjacent to an activating group) is 1. The zero-order valence-electron chi connectivity index (χ0n) is 11.4. The molecule has 0 bridgehead atoms. The van der Waals surface area contributed by atoms with Gasteiger partial charge >= 0.3 is 0 Å². The van der Waals surface area contributed by atoms with Gasteiger partial charge in [0.05, 0.1) is 13.2 Å². The molecule has 0 aliphatic carbocycles. The van der Waals surface area contributed by atoms with Crippen molar-refractivity contribution in [1.82, 2.24) is 4.90 Å². The number of rotatable bonds is 9. The second kappa shape index (κ2) is 8.91. The maximum atomic E-state index is 5.66. The van der Waals surface area contributed by atoms with Crippen LogP contribution in [0.15, 0.2) is 24.3 Å². The third kappa shape index (κ3) is 6.00. The average Bonchev–Trinajstić information content (AvgIpc) is 2.42.